The molecule has 7 aromatic heterocycles. The number of ether oxygens (including phenoxy) is 1. The number of carbonyl (C=O) groups excluding carboxylic acids is 6. The van der Waals surface area contributed by atoms with Crippen LogP contribution in [0.2, 0.25) is 0 Å². The zero-order chi connectivity index (χ0) is 64.6. The average molecular weight is 1350 g/mol. The first-order valence-electron chi connectivity index (χ1n) is 28.7. The molecule has 10 bridgehead atoms. The Morgan fingerprint density at radius 2 is 1.42 bits per heavy atom. The monoisotopic (exact) mass is 1350 g/mol. The number of rotatable bonds is 15. The number of piperidine rings is 1. The number of aliphatic carboxylic acids is 2. The highest BCUT2D eigenvalue weighted by molar-refractivity contribution is 7.15. The highest BCUT2D eigenvalue weighted by Gasteiger charge is 2.35. The van der Waals surface area contributed by atoms with Crippen LogP contribution >= 0.6 is 68.0 Å². The number of carbonyl (C=O) groups is 8. The maximum atomic E-state index is 14.4. The molecule has 7 amide bonds. The first-order valence-corrected chi connectivity index (χ1v) is 33.9. The maximum absolute atomic E-state index is 14.4. The Balaban J connectivity index is 1.04. The normalized spacial score (nSPS) is 17.1. The number of nitrogens with zero attached hydrogens (tertiary/aromatic N) is 9. The Labute approximate surface area is 544 Å². The van der Waals surface area contributed by atoms with Gasteiger partial charge >= 0.3 is 18.0 Å². The number of anilines is 1. The molecule has 8 aromatic rings. The van der Waals surface area contributed by atoms with Gasteiger partial charge in [0.1, 0.15) is 82.2 Å². The highest BCUT2D eigenvalue weighted by Crippen LogP contribution is 2.41. The highest BCUT2D eigenvalue weighted by atomic mass is 32.1. The fourth-order valence-electron chi connectivity index (χ4n) is 10.0. The molecule has 0 saturated carbocycles. The minimum absolute atomic E-state index is 0.00516. The summed E-state index contributed by atoms with van der Waals surface area (Å²) in [6.07, 6.45) is -0.453. The van der Waals surface area contributed by atoms with Crippen molar-refractivity contribution in [2.45, 2.75) is 90.1 Å². The number of thiazole rings is 6. The molecule has 476 valence electrons. The molecule has 2 aliphatic rings. The number of urea groups is 1. The number of pyridine rings is 1. The van der Waals surface area contributed by atoms with E-state index in [-0.39, 0.29) is 85.7 Å². The van der Waals surface area contributed by atoms with Crippen molar-refractivity contribution >= 4 is 121 Å². The number of unbranched alkanes of at least 4 members (excludes halogenated alkanes) is 1. The van der Waals surface area contributed by atoms with Gasteiger partial charge in [-0.15, -0.1) is 68.0 Å². The molecule has 32 heteroatoms. The minimum Gasteiger partial charge on any atom is -0.481 e. The van der Waals surface area contributed by atoms with Crippen LogP contribution in [0.5, 0.6) is 0 Å². The summed E-state index contributed by atoms with van der Waals surface area (Å²) in [6, 6.07) is 8.92. The van der Waals surface area contributed by atoms with Crippen LogP contribution in [-0.2, 0) is 30.5 Å². The standard InChI is InChI=1S/C59H62N14O12S6/c1-28(2)43-57-71-46(38(91-57)23-85-5)50(80)61-22-41(75)68-47(48(78)30-11-7-6-8-12-30)56-66-37(26-88-56)54-64-35(24-87-54)45-32(52-65-36(25-86-52)49(79)63-34(21-40(74)60-4)55-70-44(29(3)90-55)51(81)69-43)14-15-33(62-45)53-67-39(27-89-53)73(18-10-9-13-42(76)77)59(84)72-19-16-31(17-20-72)58(82)83/h6-8,11-12,14-15,24-28,31,34,43,47-48,78H,9-10,13,16-23H2,1-5H3,(H,60,74)(H,61,80)(H,63,79)(H,68,75)(H,69,81)(H,76,77)(H,82,83)/t34-,43-,47-,48-/m0/s1. The lowest BCUT2D eigenvalue weighted by molar-refractivity contribution is -0.143. The van der Waals surface area contributed by atoms with E-state index in [9.17, 15) is 53.7 Å². The first-order chi connectivity index (χ1) is 43.8. The minimum atomic E-state index is -1.31. The van der Waals surface area contributed by atoms with Crippen molar-refractivity contribution in [1.29, 1.82) is 0 Å². The van der Waals surface area contributed by atoms with Gasteiger partial charge in [-0.1, -0.05) is 44.2 Å². The summed E-state index contributed by atoms with van der Waals surface area (Å²) in [5, 5.41) is 54.0. The summed E-state index contributed by atoms with van der Waals surface area (Å²) in [6.45, 7) is 5.46. The number of aliphatic hydroxyl groups excluding tert-OH is 1. The number of likely N-dealkylation sites (tertiary alicyclic amines) is 1. The van der Waals surface area contributed by atoms with Crippen molar-refractivity contribution < 1.29 is 58.4 Å². The molecule has 91 heavy (non-hydrogen) atoms. The number of benzene rings is 1. The number of hydrogen-bond acceptors (Lipinski definition) is 23. The van der Waals surface area contributed by atoms with Gasteiger partial charge in [0.2, 0.25) is 11.8 Å². The number of aromatic nitrogens is 7. The number of aryl methyl sites for hydroxylation is 1. The second-order valence-electron chi connectivity index (χ2n) is 21.5. The smallest absolute Gasteiger partial charge is 0.325 e. The molecule has 1 saturated heterocycles. The Kier molecular flexibility index (Phi) is 21.1. The van der Waals surface area contributed by atoms with Crippen molar-refractivity contribution in [3.05, 3.63) is 111 Å². The van der Waals surface area contributed by atoms with Gasteiger partial charge in [0.15, 0.2) is 0 Å². The molecule has 26 nitrogen and oxygen atoms in total. The van der Waals surface area contributed by atoms with Crippen LogP contribution in [0.3, 0.4) is 0 Å². The molecule has 0 aliphatic carbocycles. The van der Waals surface area contributed by atoms with Crippen LogP contribution in [0.4, 0.5) is 10.6 Å². The zero-order valence-electron chi connectivity index (χ0n) is 49.6. The lowest BCUT2D eigenvalue weighted by atomic mass is 9.97. The molecular formula is C59H62N14O12S6. The van der Waals surface area contributed by atoms with Gasteiger partial charge in [0, 0.05) is 72.2 Å². The van der Waals surface area contributed by atoms with Gasteiger partial charge in [0.25, 0.3) is 17.7 Å². The summed E-state index contributed by atoms with van der Waals surface area (Å²) >= 11 is 7.05. The fourth-order valence-corrected chi connectivity index (χ4v) is 15.6. The van der Waals surface area contributed by atoms with E-state index in [1.807, 2.05) is 13.8 Å². The van der Waals surface area contributed by atoms with E-state index in [4.69, 9.17) is 39.6 Å². The second-order valence-corrected chi connectivity index (χ2v) is 27.3. The Hall–Kier alpha value is -8.37. The van der Waals surface area contributed by atoms with Gasteiger partial charge in [-0.2, -0.15) is 0 Å². The van der Waals surface area contributed by atoms with Crippen molar-refractivity contribution in [1.82, 2.24) is 66.4 Å². The van der Waals surface area contributed by atoms with E-state index in [1.165, 1.54) is 53.1 Å². The van der Waals surface area contributed by atoms with E-state index >= 15 is 0 Å². The lowest BCUT2D eigenvalue weighted by Gasteiger charge is -2.34. The van der Waals surface area contributed by atoms with E-state index in [1.54, 1.807) is 75.8 Å². The topological polar surface area (TPSA) is 363 Å². The Bertz CT molecular complexity index is 4000. The van der Waals surface area contributed by atoms with Crippen LogP contribution in [0.25, 0.3) is 43.4 Å². The molecular weight excluding hydrogens is 1290 g/mol. The number of methoxy groups -OCH3 is 1. The third-order valence-electron chi connectivity index (χ3n) is 14.9. The molecule has 9 heterocycles. The SMILES string of the molecule is CNC(=O)C[C@@H]1NC(=O)c2csc(n2)-c2ccc(-c3nc(N(CCCCC(=O)O)C(=O)N4CCC(C(=O)O)CC4)cs3)nc2-c2csc(n2)-c2csc(n2)[C@H]([C@@H](O)c2ccccc2)NC(=O)CNC(=O)c2nc(sc2COC)[C@H](C(C)C)NC(=O)c2nc1sc2C. The predicted octanol–water partition coefficient (Wildman–Crippen LogP) is 8.29. The van der Waals surface area contributed by atoms with Gasteiger partial charge in [0.05, 0.1) is 48.1 Å². The largest absolute Gasteiger partial charge is 0.481 e. The predicted molar refractivity (Wildman–Crippen MR) is 343 cm³/mol. The van der Waals surface area contributed by atoms with E-state index in [0.29, 0.717) is 81.5 Å². The quantitative estimate of drug-likeness (QED) is 0.0447. The molecule has 1 fully saturated rings. The summed E-state index contributed by atoms with van der Waals surface area (Å²) < 4.78 is 5.46. The Morgan fingerprint density at radius 1 is 0.714 bits per heavy atom. The lowest BCUT2D eigenvalue weighted by Crippen LogP contribution is -2.48. The van der Waals surface area contributed by atoms with Crippen LogP contribution in [0.15, 0.2) is 64.0 Å². The van der Waals surface area contributed by atoms with Gasteiger partial charge in [-0.05, 0) is 56.2 Å². The van der Waals surface area contributed by atoms with Gasteiger partial charge in [-0.25, -0.2) is 39.7 Å². The van der Waals surface area contributed by atoms with Crippen molar-refractivity contribution in [3.63, 3.8) is 0 Å². The second kappa shape index (κ2) is 29.3. The van der Waals surface area contributed by atoms with Gasteiger partial charge in [-0.3, -0.25) is 38.5 Å². The van der Waals surface area contributed by atoms with E-state index in [2.05, 4.69) is 26.6 Å². The molecule has 0 spiro atoms. The molecule has 4 atom stereocenters. The number of nitrogens with one attached hydrogen (secondary N) is 5. The fraction of sp³-hybridized carbons (Fsp3) is 0.373. The molecule has 0 radical (unpaired) electrons. The summed E-state index contributed by atoms with van der Waals surface area (Å²) in [7, 11) is 2.92. The molecule has 0 unspecified atom stereocenters. The molecule has 2 aliphatic heterocycles. The van der Waals surface area contributed by atoms with E-state index in [0.717, 1.165) is 34.0 Å². The molecule has 10 rings (SSSR count). The number of aliphatic hydroxyl groups is 1. The van der Waals surface area contributed by atoms with Crippen LogP contribution in [-0.4, -0.2) is 143 Å². The molecule has 8 N–H and O–H groups in total. The van der Waals surface area contributed by atoms with Crippen molar-refractivity contribution in [3.8, 4) is 43.4 Å². The maximum Gasteiger partial charge on any atom is 0.325 e. The number of hydrogen-bond donors (Lipinski definition) is 8. The van der Waals surface area contributed by atoms with Crippen LogP contribution < -0.4 is 31.5 Å². The van der Waals surface area contributed by atoms with Crippen LogP contribution in [0, 0.1) is 18.8 Å². The Morgan fingerprint density at radius 3 is 2.14 bits per heavy atom. The van der Waals surface area contributed by atoms with Gasteiger partial charge < -0.3 is 51.5 Å². The summed E-state index contributed by atoms with van der Waals surface area (Å²) in [5.41, 5.74) is 2.41. The third kappa shape index (κ3) is 15.4. The summed E-state index contributed by atoms with van der Waals surface area (Å²) in [4.78, 5) is 145. The van der Waals surface area contributed by atoms with E-state index < -0.39 is 84.2 Å². The molecule has 1 aromatic carbocycles. The number of carboxylic acids is 2. The average Bonchev–Trinajstić information content (AvgIpc) is 1.87. The number of carboxylic acid groups (broad SMARTS) is 2. The summed E-state index contributed by atoms with van der Waals surface area (Å²) in [5.74, 6) is -5.43. The third-order valence-corrected chi connectivity index (χ3v) is 20.6. The van der Waals surface area contributed by atoms with Crippen LogP contribution in [0.1, 0.15) is 138 Å². The van der Waals surface area contributed by atoms with Crippen molar-refractivity contribution in [2.24, 2.45) is 11.8 Å². The number of fused-ring (bicyclic) bond motifs is 14. The number of amides is 7. The first kappa shape index (κ1) is 65.6. The zero-order valence-corrected chi connectivity index (χ0v) is 54.5. The van der Waals surface area contributed by atoms with Crippen molar-refractivity contribution in [2.75, 3.05) is 45.2 Å².